The number of hydrogen-bond acceptors (Lipinski definition) is 2. The minimum atomic E-state index is -2.36. The summed E-state index contributed by atoms with van der Waals surface area (Å²) >= 11 is 0. The van der Waals surface area contributed by atoms with Crippen LogP contribution in [0.5, 0.6) is 0 Å². The van der Waals surface area contributed by atoms with Crippen molar-refractivity contribution in [3.8, 4) is 39.3 Å². The fourth-order valence-electron chi connectivity index (χ4n) is 8.70. The monoisotopic (exact) mass is 724 g/mol. The molecular weight excluding hydrogens is 669 g/mol. The lowest BCUT2D eigenvalue weighted by Crippen LogP contribution is -2.20. The van der Waals surface area contributed by atoms with Crippen molar-refractivity contribution in [3.05, 3.63) is 144 Å². The Kier molecular flexibility index (Phi) is 7.69. The number of para-hydroxylation sites is 2. The summed E-state index contributed by atoms with van der Waals surface area (Å²) in [6, 6.07) is 41.5. The van der Waals surface area contributed by atoms with Gasteiger partial charge in [0.25, 0.3) is 0 Å². The van der Waals surface area contributed by atoms with E-state index in [2.05, 4.69) is 107 Å². The molecule has 2 heterocycles. The van der Waals surface area contributed by atoms with Crippen molar-refractivity contribution in [2.75, 3.05) is 0 Å². The third kappa shape index (κ3) is 6.28. The summed E-state index contributed by atoms with van der Waals surface area (Å²) in [5.74, 6) is 0.491. The molecule has 0 saturated heterocycles. The first-order chi connectivity index (χ1) is 28.1. The molecule has 1 aliphatic rings. The van der Waals surface area contributed by atoms with Crippen LogP contribution < -0.4 is 0 Å². The molecule has 3 heteroatoms. The molecule has 0 aliphatic heterocycles. The second-order valence-electron chi connectivity index (χ2n) is 17.0. The van der Waals surface area contributed by atoms with Crippen molar-refractivity contribution < 1.29 is 9.90 Å². The number of imidazole rings is 1. The van der Waals surface area contributed by atoms with Gasteiger partial charge in [0.05, 0.1) is 22.3 Å². The van der Waals surface area contributed by atoms with E-state index in [1.807, 2.05) is 54.6 Å². The van der Waals surface area contributed by atoms with Crippen LogP contribution in [0.4, 0.5) is 0 Å². The van der Waals surface area contributed by atoms with Crippen LogP contribution in [0.15, 0.2) is 126 Å². The number of aromatic nitrogens is 2. The first-order valence-corrected chi connectivity index (χ1v) is 19.9. The van der Waals surface area contributed by atoms with Crippen LogP contribution in [0.2, 0.25) is 0 Å². The van der Waals surface area contributed by atoms with Gasteiger partial charge in [-0.2, -0.15) is 0 Å². The van der Waals surface area contributed by atoms with Gasteiger partial charge in [-0.15, -0.1) is 0 Å². The van der Waals surface area contributed by atoms with Gasteiger partial charge >= 0.3 is 0 Å². The van der Waals surface area contributed by atoms with Crippen LogP contribution in [0.3, 0.4) is 0 Å². The summed E-state index contributed by atoms with van der Waals surface area (Å²) in [5.41, 5.74) is 13.2. The molecule has 8 aromatic rings. The molecule has 1 saturated carbocycles. The molecule has 0 unspecified atom stereocenters. The Morgan fingerprint density at radius 1 is 0.727 bits per heavy atom. The standard InChI is InChI=1S/C52H52N2O/c1-32(2)43-29-40(37-20-18-36(19-21-37)38-25-27-52(6,7)28-26-38)30-44(33(3)4)49(43)54-46-16-12-11-15-45(46)53-51(54)42-23-17-34(5)48-41-24-22-39(31-47(41)55-50(42)48)35-13-9-8-10-14-35/h8-24,29-33,38H,25-28H2,1-7H3/i5D3,38D. The second kappa shape index (κ2) is 13.7. The van der Waals surface area contributed by atoms with Crippen LogP contribution in [0.1, 0.15) is 113 Å². The van der Waals surface area contributed by atoms with Gasteiger partial charge in [-0.1, -0.05) is 120 Å². The normalized spacial score (nSPS) is 16.8. The van der Waals surface area contributed by atoms with Crippen molar-refractivity contribution in [2.24, 2.45) is 5.41 Å². The maximum Gasteiger partial charge on any atom is 0.149 e. The predicted molar refractivity (Wildman–Crippen MR) is 233 cm³/mol. The summed E-state index contributed by atoms with van der Waals surface area (Å²) in [7, 11) is 0. The van der Waals surface area contributed by atoms with Gasteiger partial charge in [0, 0.05) is 16.3 Å². The van der Waals surface area contributed by atoms with E-state index in [0.717, 1.165) is 81.2 Å². The molecule has 55 heavy (non-hydrogen) atoms. The zero-order valence-electron chi connectivity index (χ0n) is 36.8. The largest absolute Gasteiger partial charge is 0.455 e. The van der Waals surface area contributed by atoms with E-state index < -0.39 is 12.7 Å². The zero-order valence-corrected chi connectivity index (χ0v) is 32.8. The van der Waals surface area contributed by atoms with Crippen molar-refractivity contribution in [2.45, 2.75) is 91.8 Å². The molecule has 2 aromatic heterocycles. The number of aryl methyl sites for hydroxylation is 1. The van der Waals surface area contributed by atoms with Crippen LogP contribution in [-0.4, -0.2) is 9.55 Å². The average molecular weight is 725 g/mol. The Bertz CT molecular complexity index is 2820. The van der Waals surface area contributed by atoms with Gasteiger partial charge < -0.3 is 4.42 Å². The summed E-state index contributed by atoms with van der Waals surface area (Å²) in [5, 5.41) is 1.36. The lowest BCUT2D eigenvalue weighted by Gasteiger charge is -2.34. The number of benzene rings is 6. The van der Waals surface area contributed by atoms with Crippen molar-refractivity contribution in [1.29, 1.82) is 0 Å². The molecule has 276 valence electrons. The van der Waals surface area contributed by atoms with Gasteiger partial charge in [0.1, 0.15) is 17.0 Å². The first-order valence-electron chi connectivity index (χ1n) is 21.9. The highest BCUT2D eigenvalue weighted by Crippen LogP contribution is 2.45. The quantitative estimate of drug-likeness (QED) is 0.164. The maximum absolute atomic E-state index is 9.38. The van der Waals surface area contributed by atoms with Crippen molar-refractivity contribution in [3.63, 3.8) is 0 Å². The number of nitrogens with zero attached hydrogens (tertiary/aromatic N) is 2. The maximum atomic E-state index is 9.38. The molecule has 1 aliphatic carbocycles. The minimum Gasteiger partial charge on any atom is -0.455 e. The van der Waals surface area contributed by atoms with Crippen LogP contribution in [-0.2, 0) is 0 Å². The Labute approximate surface area is 331 Å². The molecule has 3 nitrogen and oxygen atoms in total. The van der Waals surface area contributed by atoms with Crippen molar-refractivity contribution >= 4 is 33.0 Å². The number of rotatable bonds is 7. The molecule has 0 atom stereocenters. The van der Waals surface area contributed by atoms with E-state index in [-0.39, 0.29) is 17.4 Å². The highest BCUT2D eigenvalue weighted by atomic mass is 16.3. The topological polar surface area (TPSA) is 31.0 Å². The third-order valence-electron chi connectivity index (χ3n) is 12.0. The summed E-state index contributed by atoms with van der Waals surface area (Å²) < 4.78 is 44.2. The Morgan fingerprint density at radius 3 is 2.07 bits per heavy atom. The van der Waals surface area contributed by atoms with E-state index in [4.69, 9.17) is 13.5 Å². The highest BCUT2D eigenvalue weighted by molar-refractivity contribution is 6.12. The Morgan fingerprint density at radius 2 is 1.38 bits per heavy atom. The Hall–Kier alpha value is -5.41. The smallest absolute Gasteiger partial charge is 0.149 e. The lowest BCUT2D eigenvalue weighted by atomic mass is 9.71. The fourth-order valence-corrected chi connectivity index (χ4v) is 8.70. The van der Waals surface area contributed by atoms with Crippen LogP contribution >= 0.6 is 0 Å². The number of fused-ring (bicyclic) bond motifs is 4. The lowest BCUT2D eigenvalue weighted by molar-refractivity contribution is 0.224. The highest BCUT2D eigenvalue weighted by Gasteiger charge is 2.29. The van der Waals surface area contributed by atoms with E-state index in [9.17, 15) is 1.37 Å². The fraction of sp³-hybridized carbons (Fsp3) is 0.288. The number of hydrogen-bond donors (Lipinski definition) is 0. The first kappa shape index (κ1) is 30.9. The minimum absolute atomic E-state index is 0.165. The molecule has 0 bridgehead atoms. The summed E-state index contributed by atoms with van der Waals surface area (Å²) in [4.78, 5) is 5.33. The predicted octanol–water partition coefficient (Wildman–Crippen LogP) is 15.2. The second-order valence-corrected chi connectivity index (χ2v) is 17.0. The molecule has 0 spiro atoms. The van der Waals surface area contributed by atoms with Gasteiger partial charge in [-0.3, -0.25) is 4.57 Å². The molecule has 0 N–H and O–H groups in total. The van der Waals surface area contributed by atoms with E-state index in [1.54, 1.807) is 6.07 Å². The summed E-state index contributed by atoms with van der Waals surface area (Å²) in [6.07, 6.45) is 3.91. The third-order valence-corrected chi connectivity index (χ3v) is 12.0. The van der Waals surface area contributed by atoms with E-state index >= 15 is 0 Å². The van der Waals surface area contributed by atoms with Gasteiger partial charge in [-0.05, 0) is 143 Å². The van der Waals surface area contributed by atoms with E-state index in [0.29, 0.717) is 27.8 Å². The molecule has 1 fully saturated rings. The zero-order chi connectivity index (χ0) is 41.4. The summed E-state index contributed by atoms with van der Waals surface area (Å²) in [6.45, 7) is 11.3. The average Bonchev–Trinajstić information content (AvgIpc) is 3.80. The van der Waals surface area contributed by atoms with Gasteiger partial charge in [0.15, 0.2) is 0 Å². The number of furan rings is 1. The molecule has 6 aromatic carbocycles. The molecule has 0 amide bonds. The Balaban J connectivity index is 1.25. The van der Waals surface area contributed by atoms with Crippen LogP contribution in [0, 0.1) is 12.3 Å². The van der Waals surface area contributed by atoms with Gasteiger partial charge in [0.2, 0.25) is 0 Å². The molecule has 9 rings (SSSR count). The van der Waals surface area contributed by atoms with E-state index in [1.165, 1.54) is 11.1 Å². The molecular formula is C52H52N2O. The van der Waals surface area contributed by atoms with Crippen molar-refractivity contribution in [1.82, 2.24) is 9.55 Å². The van der Waals surface area contributed by atoms with Gasteiger partial charge in [-0.25, -0.2) is 4.98 Å². The molecule has 0 radical (unpaired) electrons. The SMILES string of the molecule is [2H]C([2H])([2H])c1ccc(-c2nc3ccccc3n2-c2c(C(C)C)cc(-c3ccc(C4([2H])CCC(C)(C)CC4)cc3)cc2C(C)C)c2oc3cc(-c4ccccc4)ccc3c12. The van der Waals surface area contributed by atoms with Crippen LogP contribution in [0.25, 0.3) is 72.3 Å².